The molecule has 6 aromatic rings. The summed E-state index contributed by atoms with van der Waals surface area (Å²) in [6.45, 7) is 0. The summed E-state index contributed by atoms with van der Waals surface area (Å²) in [6, 6.07) is 33.1. The van der Waals surface area contributed by atoms with E-state index in [1.54, 1.807) is 0 Å². The van der Waals surface area contributed by atoms with Gasteiger partial charge in [-0.2, -0.15) is 0 Å². The first-order valence-corrected chi connectivity index (χ1v) is 12.2. The smallest absolute Gasteiger partial charge is 0.211 e. The Morgan fingerprint density at radius 2 is 1.11 bits per heavy atom. The first-order chi connectivity index (χ1) is 17.7. The molecule has 3 aliphatic carbocycles. The fraction of sp³-hybridized carbons (Fsp3) is 0.0588. The van der Waals surface area contributed by atoms with Crippen molar-refractivity contribution in [3.05, 3.63) is 130 Å². The Balaban J connectivity index is 1.28. The Labute approximate surface area is 207 Å². The molecule has 0 aliphatic heterocycles. The van der Waals surface area contributed by atoms with Crippen LogP contribution in [0.25, 0.3) is 32.3 Å². The number of hydrogen-bond acceptors (Lipinski definition) is 2. The maximum absolute atomic E-state index is 12.9. The molecule has 0 heterocycles. The van der Waals surface area contributed by atoms with E-state index in [9.17, 15) is 9.59 Å². The van der Waals surface area contributed by atoms with Crippen LogP contribution in [0.2, 0.25) is 0 Å². The average molecular weight is 459 g/mol. The lowest BCUT2D eigenvalue weighted by Gasteiger charge is -2.37. The first kappa shape index (κ1) is 19.6. The van der Waals surface area contributed by atoms with E-state index >= 15 is 0 Å². The molecule has 2 atom stereocenters. The predicted molar refractivity (Wildman–Crippen MR) is 143 cm³/mol. The lowest BCUT2D eigenvalue weighted by atomic mass is 9.62. The summed E-state index contributed by atoms with van der Waals surface area (Å²) in [5.41, 5.74) is 5.62. The largest absolute Gasteiger partial charge is 0.290 e. The standard InChI is InChI=1S/C34H18O2/c35-33-31-25-6-1-2-7-26(25)32(34(33)36)28-18-19(9-16-27(28)31)8-10-20-11-12-23-14-13-21-4-3-5-22-15-17-24(20)30(23)29(21)22/h1-7,9,11-18,31-32H. The third-order valence-electron chi connectivity index (χ3n) is 7.96. The zero-order valence-corrected chi connectivity index (χ0v) is 19.2. The highest BCUT2D eigenvalue weighted by Crippen LogP contribution is 2.49. The Hall–Kier alpha value is -4.74. The summed E-state index contributed by atoms with van der Waals surface area (Å²) >= 11 is 0. The van der Waals surface area contributed by atoms with Crippen LogP contribution in [-0.2, 0) is 9.59 Å². The van der Waals surface area contributed by atoms with Crippen molar-refractivity contribution in [3.8, 4) is 11.8 Å². The first-order valence-electron chi connectivity index (χ1n) is 12.2. The van der Waals surface area contributed by atoms with Gasteiger partial charge in [-0.25, -0.2) is 0 Å². The molecule has 2 nitrogen and oxygen atoms in total. The number of Topliss-reactive ketones (excluding diaryl/α,β-unsaturated/α-hetero) is 2. The summed E-state index contributed by atoms with van der Waals surface area (Å²) in [5.74, 6) is 5.14. The van der Waals surface area contributed by atoms with Crippen molar-refractivity contribution in [1.82, 2.24) is 0 Å². The van der Waals surface area contributed by atoms with Crippen molar-refractivity contribution < 1.29 is 9.59 Å². The highest BCUT2D eigenvalue weighted by molar-refractivity contribution is 6.45. The average Bonchev–Trinajstić information content (AvgIpc) is 2.92. The highest BCUT2D eigenvalue weighted by atomic mass is 16.2. The van der Waals surface area contributed by atoms with Crippen molar-refractivity contribution in [3.63, 3.8) is 0 Å². The van der Waals surface area contributed by atoms with Crippen LogP contribution in [0.4, 0.5) is 0 Å². The second-order valence-corrected chi connectivity index (χ2v) is 9.79. The van der Waals surface area contributed by atoms with Gasteiger partial charge in [0.25, 0.3) is 0 Å². The third-order valence-corrected chi connectivity index (χ3v) is 7.96. The van der Waals surface area contributed by atoms with Crippen LogP contribution in [-0.4, -0.2) is 11.6 Å². The van der Waals surface area contributed by atoms with E-state index in [4.69, 9.17) is 0 Å². The summed E-state index contributed by atoms with van der Waals surface area (Å²) in [6.07, 6.45) is 0. The van der Waals surface area contributed by atoms with Crippen molar-refractivity contribution in [2.45, 2.75) is 11.8 Å². The lowest BCUT2D eigenvalue weighted by molar-refractivity contribution is -0.138. The molecule has 0 saturated heterocycles. The third kappa shape index (κ3) is 2.47. The minimum atomic E-state index is -0.523. The molecule has 0 amide bonds. The Morgan fingerprint density at radius 3 is 1.86 bits per heavy atom. The van der Waals surface area contributed by atoms with Crippen LogP contribution in [0, 0.1) is 11.8 Å². The van der Waals surface area contributed by atoms with Crippen molar-refractivity contribution >= 4 is 43.9 Å². The summed E-state index contributed by atoms with van der Waals surface area (Å²) in [4.78, 5) is 25.7. The molecule has 0 fully saturated rings. The number of fused-ring (bicyclic) bond motifs is 1. The molecule has 2 heteroatoms. The van der Waals surface area contributed by atoms with E-state index in [-0.39, 0.29) is 11.6 Å². The van der Waals surface area contributed by atoms with E-state index in [0.717, 1.165) is 38.8 Å². The SMILES string of the molecule is O=C1C(=O)C2c3ccccc3C1c1ccc(C#Cc3ccc4ccc5cccc6ccc3c4c56)cc12. The zero-order chi connectivity index (χ0) is 24.0. The number of rotatable bonds is 0. The molecule has 2 unspecified atom stereocenters. The zero-order valence-electron chi connectivity index (χ0n) is 19.2. The van der Waals surface area contributed by atoms with Gasteiger partial charge in [0.1, 0.15) is 0 Å². The topological polar surface area (TPSA) is 34.1 Å². The molecular formula is C34H18O2. The van der Waals surface area contributed by atoms with Crippen molar-refractivity contribution in [2.24, 2.45) is 0 Å². The quantitative estimate of drug-likeness (QED) is 0.144. The number of ketones is 2. The summed E-state index contributed by atoms with van der Waals surface area (Å²) < 4.78 is 0. The van der Waals surface area contributed by atoms with E-state index in [2.05, 4.69) is 66.4 Å². The van der Waals surface area contributed by atoms with Crippen LogP contribution in [0.5, 0.6) is 0 Å². The van der Waals surface area contributed by atoms with E-state index < -0.39 is 11.8 Å². The molecule has 0 N–H and O–H groups in total. The van der Waals surface area contributed by atoms with Gasteiger partial charge in [-0.05, 0) is 72.8 Å². The van der Waals surface area contributed by atoms with E-state index in [1.807, 2.05) is 42.5 Å². The monoisotopic (exact) mass is 458 g/mol. The minimum absolute atomic E-state index is 0.293. The van der Waals surface area contributed by atoms with Crippen LogP contribution < -0.4 is 0 Å². The molecular weight excluding hydrogens is 440 g/mol. The summed E-state index contributed by atoms with van der Waals surface area (Å²) in [5, 5.41) is 7.37. The van der Waals surface area contributed by atoms with E-state index in [1.165, 1.54) is 26.9 Å². The van der Waals surface area contributed by atoms with Gasteiger partial charge in [-0.3, -0.25) is 9.59 Å². The van der Waals surface area contributed by atoms with Gasteiger partial charge in [0.15, 0.2) is 0 Å². The molecule has 166 valence electrons. The second kappa shape index (κ2) is 6.90. The Kier molecular flexibility index (Phi) is 3.75. The second-order valence-electron chi connectivity index (χ2n) is 9.79. The molecule has 2 bridgehead atoms. The Morgan fingerprint density at radius 1 is 0.500 bits per heavy atom. The van der Waals surface area contributed by atoms with Gasteiger partial charge in [-0.1, -0.05) is 90.7 Å². The van der Waals surface area contributed by atoms with Crippen LogP contribution >= 0.6 is 0 Å². The van der Waals surface area contributed by atoms with Gasteiger partial charge in [0.2, 0.25) is 11.6 Å². The molecule has 6 aromatic carbocycles. The number of hydrogen-bond donors (Lipinski definition) is 0. The van der Waals surface area contributed by atoms with Gasteiger partial charge < -0.3 is 0 Å². The molecule has 0 aromatic heterocycles. The van der Waals surface area contributed by atoms with Gasteiger partial charge >= 0.3 is 0 Å². The minimum Gasteiger partial charge on any atom is -0.290 e. The fourth-order valence-corrected chi connectivity index (χ4v) is 6.37. The van der Waals surface area contributed by atoms with Gasteiger partial charge in [-0.15, -0.1) is 0 Å². The van der Waals surface area contributed by atoms with Crippen LogP contribution in [0.3, 0.4) is 0 Å². The number of carbonyl (C=O) groups excluding carboxylic acids is 2. The molecule has 0 spiro atoms. The number of benzene rings is 6. The molecule has 0 saturated carbocycles. The maximum atomic E-state index is 12.9. The number of carbonyl (C=O) groups is 2. The fourth-order valence-electron chi connectivity index (χ4n) is 6.37. The van der Waals surface area contributed by atoms with Crippen molar-refractivity contribution in [2.75, 3.05) is 0 Å². The summed E-state index contributed by atoms with van der Waals surface area (Å²) in [7, 11) is 0. The molecule has 9 rings (SSSR count). The Bertz CT molecular complexity index is 1980. The lowest BCUT2D eigenvalue weighted by Crippen LogP contribution is -2.40. The van der Waals surface area contributed by atoms with Crippen LogP contribution in [0.15, 0.2) is 97.1 Å². The molecule has 3 aliphatic rings. The van der Waals surface area contributed by atoms with Gasteiger partial charge in [0.05, 0.1) is 11.8 Å². The van der Waals surface area contributed by atoms with Crippen molar-refractivity contribution in [1.29, 1.82) is 0 Å². The highest BCUT2D eigenvalue weighted by Gasteiger charge is 2.48. The predicted octanol–water partition coefficient (Wildman–Crippen LogP) is 6.71. The maximum Gasteiger partial charge on any atom is 0.211 e. The molecule has 0 radical (unpaired) electrons. The van der Waals surface area contributed by atoms with Gasteiger partial charge in [0, 0.05) is 11.1 Å². The molecule has 36 heavy (non-hydrogen) atoms. The van der Waals surface area contributed by atoms with Crippen LogP contribution in [0.1, 0.15) is 45.2 Å². The van der Waals surface area contributed by atoms with E-state index in [0.29, 0.717) is 0 Å². The normalized spacial score (nSPS) is 17.9.